The molecule has 0 radical (unpaired) electrons. The Morgan fingerprint density at radius 1 is 1.08 bits per heavy atom. The number of nitrogens with one attached hydrogen (secondary N) is 1. The fourth-order valence-electron chi connectivity index (χ4n) is 2.28. The predicted octanol–water partition coefficient (Wildman–Crippen LogP) is 2.54. The van der Waals surface area contributed by atoms with Crippen molar-refractivity contribution in [2.24, 2.45) is 0 Å². The van der Waals surface area contributed by atoms with E-state index in [4.69, 9.17) is 9.47 Å². The normalized spacial score (nSPS) is 10.9. The molecule has 7 nitrogen and oxygen atoms in total. The van der Waals surface area contributed by atoms with Crippen LogP contribution in [0, 0.1) is 6.92 Å². The molecule has 0 fully saturated rings. The van der Waals surface area contributed by atoms with E-state index in [1.807, 2.05) is 6.92 Å². The third-order valence-electron chi connectivity index (χ3n) is 3.88. The molecule has 2 rings (SSSR count). The molecule has 2 amide bonds. The molecule has 0 bridgehead atoms. The maximum Gasteiger partial charge on any atom is 0.331 e. The van der Waals surface area contributed by atoms with Crippen molar-refractivity contribution in [1.82, 2.24) is 9.62 Å². The maximum atomic E-state index is 12.5. The molecule has 2 aromatic rings. The Morgan fingerprint density at radius 2 is 1.73 bits per heavy atom. The van der Waals surface area contributed by atoms with Gasteiger partial charge in [-0.15, -0.1) is 0 Å². The van der Waals surface area contributed by atoms with Gasteiger partial charge in [0.05, 0.1) is 19.1 Å². The number of carbonyl (C=O) groups excluding carboxylic acids is 1. The fourth-order valence-corrected chi connectivity index (χ4v) is 3.36. The average Bonchev–Trinajstić information content (AvgIpc) is 2.65. The third-order valence-corrected chi connectivity index (χ3v) is 5.64. The van der Waals surface area contributed by atoms with Gasteiger partial charge in [-0.05, 0) is 37.3 Å². The first-order chi connectivity index (χ1) is 12.3. The molecule has 0 aliphatic rings. The second-order valence-corrected chi connectivity index (χ2v) is 7.59. The van der Waals surface area contributed by atoms with Crippen molar-refractivity contribution < 1.29 is 22.7 Å². The van der Waals surface area contributed by atoms with Crippen molar-refractivity contribution in [3.8, 4) is 11.5 Å². The van der Waals surface area contributed by atoms with Gasteiger partial charge >= 0.3 is 6.03 Å². The van der Waals surface area contributed by atoms with Gasteiger partial charge in [0.2, 0.25) is 0 Å². The third kappa shape index (κ3) is 4.26. The lowest BCUT2D eigenvalue weighted by molar-refractivity contribution is 0.227. The van der Waals surface area contributed by atoms with Crippen molar-refractivity contribution in [3.63, 3.8) is 0 Å². The number of amides is 2. The largest absolute Gasteiger partial charge is 0.497 e. The van der Waals surface area contributed by atoms with Crippen molar-refractivity contribution in [2.45, 2.75) is 18.4 Å². The smallest absolute Gasteiger partial charge is 0.331 e. The highest BCUT2D eigenvalue weighted by Gasteiger charge is 2.25. The Labute approximate surface area is 153 Å². The second kappa shape index (κ2) is 8.09. The van der Waals surface area contributed by atoms with E-state index < -0.39 is 16.1 Å². The molecule has 0 heterocycles. The van der Waals surface area contributed by atoms with Crippen LogP contribution in [-0.2, 0) is 16.6 Å². The summed E-state index contributed by atoms with van der Waals surface area (Å²) in [5, 5.41) is 2.58. The SMILES string of the molecule is COc1ccc(OC)c(CNC(=O)N(C)S(=O)(=O)c2ccc(C)cc2)c1. The molecule has 1 N–H and O–H groups in total. The summed E-state index contributed by atoms with van der Waals surface area (Å²) in [6.07, 6.45) is 0. The van der Waals surface area contributed by atoms with E-state index in [-0.39, 0.29) is 11.4 Å². The molecule has 0 unspecified atom stereocenters. The van der Waals surface area contributed by atoms with Gasteiger partial charge in [0.15, 0.2) is 0 Å². The Hall–Kier alpha value is -2.74. The summed E-state index contributed by atoms with van der Waals surface area (Å²) in [7, 11) is 0.342. The zero-order valence-corrected chi connectivity index (χ0v) is 16.0. The lowest BCUT2D eigenvalue weighted by atomic mass is 10.2. The highest BCUT2D eigenvalue weighted by Crippen LogP contribution is 2.24. The Morgan fingerprint density at radius 3 is 2.31 bits per heavy atom. The molecule has 8 heteroatoms. The fraction of sp³-hybridized carbons (Fsp3) is 0.278. The molecule has 0 aliphatic heterocycles. The lowest BCUT2D eigenvalue weighted by Crippen LogP contribution is -2.40. The van der Waals surface area contributed by atoms with E-state index in [1.165, 1.54) is 33.4 Å². The van der Waals surface area contributed by atoms with Crippen LogP contribution in [0.1, 0.15) is 11.1 Å². The van der Waals surface area contributed by atoms with Crippen molar-refractivity contribution in [1.29, 1.82) is 0 Å². The van der Waals surface area contributed by atoms with Crippen molar-refractivity contribution >= 4 is 16.1 Å². The first kappa shape index (κ1) is 19.6. The van der Waals surface area contributed by atoms with E-state index in [0.717, 1.165) is 5.56 Å². The molecule has 0 aromatic heterocycles. The zero-order valence-electron chi connectivity index (χ0n) is 15.1. The van der Waals surface area contributed by atoms with E-state index in [1.54, 1.807) is 30.3 Å². The van der Waals surface area contributed by atoms with Crippen LogP contribution in [0.15, 0.2) is 47.4 Å². The highest BCUT2D eigenvalue weighted by molar-refractivity contribution is 7.89. The first-order valence-corrected chi connectivity index (χ1v) is 9.28. The van der Waals surface area contributed by atoms with Crippen LogP contribution in [-0.4, -0.2) is 40.0 Å². The molecule has 0 aliphatic carbocycles. The van der Waals surface area contributed by atoms with E-state index in [0.29, 0.717) is 21.4 Å². The van der Waals surface area contributed by atoms with Gasteiger partial charge in [-0.1, -0.05) is 17.7 Å². The molecule has 0 saturated carbocycles. The van der Waals surface area contributed by atoms with Gasteiger partial charge in [-0.2, -0.15) is 0 Å². The number of hydrogen-bond donors (Lipinski definition) is 1. The molecule has 2 aromatic carbocycles. The monoisotopic (exact) mass is 378 g/mol. The second-order valence-electron chi connectivity index (χ2n) is 5.62. The van der Waals surface area contributed by atoms with Gasteiger partial charge in [0.25, 0.3) is 10.0 Å². The summed E-state index contributed by atoms with van der Waals surface area (Å²) in [6, 6.07) is 10.7. The predicted molar refractivity (Wildman–Crippen MR) is 97.9 cm³/mol. The van der Waals surface area contributed by atoms with Gasteiger partial charge in [-0.25, -0.2) is 17.5 Å². The minimum absolute atomic E-state index is 0.0553. The van der Waals surface area contributed by atoms with Gasteiger partial charge in [0.1, 0.15) is 11.5 Å². The number of hydrogen-bond acceptors (Lipinski definition) is 5. The first-order valence-electron chi connectivity index (χ1n) is 7.84. The summed E-state index contributed by atoms with van der Waals surface area (Å²) >= 11 is 0. The van der Waals surface area contributed by atoms with Gasteiger partial charge in [0, 0.05) is 19.2 Å². The Bertz CT molecular complexity index is 879. The van der Waals surface area contributed by atoms with Crippen LogP contribution < -0.4 is 14.8 Å². The number of ether oxygens (including phenoxy) is 2. The van der Waals surface area contributed by atoms with Gasteiger partial charge in [-0.3, -0.25) is 0 Å². The summed E-state index contributed by atoms with van der Waals surface area (Å²) in [6.45, 7) is 1.95. The summed E-state index contributed by atoms with van der Waals surface area (Å²) < 4.78 is 36.2. The van der Waals surface area contributed by atoms with Crippen LogP contribution in [0.2, 0.25) is 0 Å². The molecule has 26 heavy (non-hydrogen) atoms. The van der Waals surface area contributed by atoms with Crippen molar-refractivity contribution in [3.05, 3.63) is 53.6 Å². The summed E-state index contributed by atoms with van der Waals surface area (Å²) in [5.74, 6) is 1.17. The number of rotatable bonds is 6. The zero-order chi connectivity index (χ0) is 19.3. The maximum absolute atomic E-state index is 12.5. The minimum atomic E-state index is -3.92. The van der Waals surface area contributed by atoms with Crippen molar-refractivity contribution in [2.75, 3.05) is 21.3 Å². The van der Waals surface area contributed by atoms with Crippen LogP contribution >= 0.6 is 0 Å². The van der Waals surface area contributed by atoms with E-state index in [9.17, 15) is 13.2 Å². The molecule has 0 spiro atoms. The molecule has 0 saturated heterocycles. The van der Waals surface area contributed by atoms with Crippen LogP contribution in [0.3, 0.4) is 0 Å². The standard InChI is InChI=1S/C18H22N2O5S/c1-13-5-8-16(9-6-13)26(22,23)20(2)18(21)19-12-14-11-15(24-3)7-10-17(14)25-4/h5-11H,12H2,1-4H3,(H,19,21). The molecular formula is C18H22N2O5S. The van der Waals surface area contributed by atoms with Gasteiger partial charge < -0.3 is 14.8 Å². The number of carbonyl (C=O) groups is 1. The molecule has 0 atom stereocenters. The topological polar surface area (TPSA) is 84.9 Å². The number of methoxy groups -OCH3 is 2. The van der Waals surface area contributed by atoms with E-state index >= 15 is 0 Å². The average molecular weight is 378 g/mol. The van der Waals surface area contributed by atoms with Crippen LogP contribution in [0.5, 0.6) is 11.5 Å². The summed E-state index contributed by atoms with van der Waals surface area (Å²) in [4.78, 5) is 12.4. The number of nitrogens with zero attached hydrogens (tertiary/aromatic N) is 1. The lowest BCUT2D eigenvalue weighted by Gasteiger charge is -2.19. The number of sulfonamides is 1. The van der Waals surface area contributed by atoms with Crippen LogP contribution in [0.4, 0.5) is 4.79 Å². The number of benzene rings is 2. The van der Waals surface area contributed by atoms with Crippen LogP contribution in [0.25, 0.3) is 0 Å². The number of aryl methyl sites for hydroxylation is 1. The number of urea groups is 1. The Kier molecular flexibility index (Phi) is 6.10. The van der Waals surface area contributed by atoms with E-state index in [2.05, 4.69) is 5.32 Å². The Balaban J connectivity index is 2.13. The molecular weight excluding hydrogens is 356 g/mol. The highest BCUT2D eigenvalue weighted by atomic mass is 32.2. The quantitative estimate of drug-likeness (QED) is 0.835. The minimum Gasteiger partial charge on any atom is -0.497 e. The molecule has 140 valence electrons. The summed E-state index contributed by atoms with van der Waals surface area (Å²) in [5.41, 5.74) is 1.60.